The van der Waals surface area contributed by atoms with Crippen LogP contribution in [0.1, 0.15) is 25.4 Å². The Labute approximate surface area is 85.8 Å². The highest BCUT2D eigenvalue weighted by Gasteiger charge is 2.10. The van der Waals surface area contributed by atoms with Gasteiger partial charge in [-0.05, 0) is 12.5 Å². The van der Waals surface area contributed by atoms with Crippen LogP contribution in [0.5, 0.6) is 0 Å². The third kappa shape index (κ3) is 2.81. The smallest absolute Gasteiger partial charge is 0.0938 e. The van der Waals surface area contributed by atoms with Crippen LogP contribution in [0.4, 0.5) is 0 Å². The van der Waals surface area contributed by atoms with Crippen LogP contribution in [-0.2, 0) is 0 Å². The number of hydrogen-bond donors (Lipinski definition) is 2. The van der Waals surface area contributed by atoms with E-state index in [1.165, 1.54) is 6.92 Å². The second kappa shape index (κ2) is 5.14. The van der Waals surface area contributed by atoms with Gasteiger partial charge in [0.05, 0.1) is 13.0 Å². The Balaban J connectivity index is 0.00000256. The standard InChI is InChI=1S/C9H13NO.ClH/c1-7(10)9(11)8-5-3-2-4-6-8;/h2-7,9,11H,10H2,1H3;1H/t7?,9-;/m1./s1/i2D,3D,4D,5D,6D;. The molecule has 12 heavy (non-hydrogen) atoms. The lowest BCUT2D eigenvalue weighted by Crippen LogP contribution is -2.24. The maximum absolute atomic E-state index is 9.71. The Morgan fingerprint density at radius 3 is 2.33 bits per heavy atom. The minimum atomic E-state index is -1.27. The first-order valence-corrected chi connectivity index (χ1v) is 3.29. The first-order chi connectivity index (χ1) is 7.29. The molecule has 0 fully saturated rings. The SMILES string of the molecule is Cl.[2H]c1c([2H])c([2H])c([C@H](O)C(C)N)c([2H])c1[2H]. The lowest BCUT2D eigenvalue weighted by molar-refractivity contribution is 0.153. The first-order valence-electron chi connectivity index (χ1n) is 5.79. The van der Waals surface area contributed by atoms with Crippen LogP contribution in [0.15, 0.2) is 30.2 Å². The van der Waals surface area contributed by atoms with Crippen LogP contribution in [0.3, 0.4) is 0 Å². The molecular weight excluding hydrogens is 174 g/mol. The highest BCUT2D eigenvalue weighted by Crippen LogP contribution is 2.13. The number of benzene rings is 1. The van der Waals surface area contributed by atoms with Crippen molar-refractivity contribution in [1.82, 2.24) is 0 Å². The van der Waals surface area contributed by atoms with E-state index in [0.717, 1.165) is 0 Å². The van der Waals surface area contributed by atoms with Gasteiger partial charge >= 0.3 is 0 Å². The molecule has 1 aromatic carbocycles. The molecule has 0 aliphatic rings. The largest absolute Gasteiger partial charge is 0.387 e. The highest BCUT2D eigenvalue weighted by molar-refractivity contribution is 5.85. The molecule has 2 nitrogen and oxygen atoms in total. The second-order valence-electron chi connectivity index (χ2n) is 2.34. The van der Waals surface area contributed by atoms with Crippen molar-refractivity contribution in [3.8, 4) is 0 Å². The summed E-state index contributed by atoms with van der Waals surface area (Å²) in [6.45, 7) is 1.51. The zero-order valence-electron chi connectivity index (χ0n) is 11.6. The molecule has 3 N–H and O–H groups in total. The summed E-state index contributed by atoms with van der Waals surface area (Å²) in [5.74, 6) is 0. The van der Waals surface area contributed by atoms with Gasteiger partial charge in [-0.25, -0.2) is 0 Å². The number of nitrogens with two attached hydrogens (primary N) is 1. The number of hydrogen-bond acceptors (Lipinski definition) is 2. The lowest BCUT2D eigenvalue weighted by atomic mass is 10.0. The van der Waals surface area contributed by atoms with Gasteiger partial charge in [0.25, 0.3) is 0 Å². The van der Waals surface area contributed by atoms with Crippen LogP contribution in [-0.4, -0.2) is 11.1 Å². The summed E-state index contributed by atoms with van der Waals surface area (Å²) < 4.78 is 37.3. The van der Waals surface area contributed by atoms with Gasteiger partial charge < -0.3 is 10.8 Å². The molecule has 0 aromatic heterocycles. The van der Waals surface area contributed by atoms with E-state index in [4.69, 9.17) is 12.6 Å². The van der Waals surface area contributed by atoms with E-state index < -0.39 is 42.4 Å². The minimum Gasteiger partial charge on any atom is -0.387 e. The van der Waals surface area contributed by atoms with Crippen molar-refractivity contribution >= 4 is 12.4 Å². The van der Waals surface area contributed by atoms with Crippen LogP contribution in [0.25, 0.3) is 0 Å². The van der Waals surface area contributed by atoms with Crippen molar-refractivity contribution in [2.45, 2.75) is 19.1 Å². The predicted molar refractivity (Wildman–Crippen MR) is 52.3 cm³/mol. The number of aliphatic hydroxyl groups is 1. The molecule has 0 spiro atoms. The fourth-order valence-electron chi connectivity index (χ4n) is 0.670. The lowest BCUT2D eigenvalue weighted by Gasteiger charge is -2.13. The summed E-state index contributed by atoms with van der Waals surface area (Å²) in [6.07, 6.45) is -1.27. The van der Waals surface area contributed by atoms with Gasteiger partial charge in [-0.1, -0.05) is 30.2 Å². The third-order valence-electron chi connectivity index (χ3n) is 1.31. The molecule has 0 aliphatic carbocycles. The van der Waals surface area contributed by atoms with E-state index in [0.29, 0.717) is 0 Å². The fraction of sp³-hybridized carbons (Fsp3) is 0.333. The van der Waals surface area contributed by atoms with E-state index in [-0.39, 0.29) is 18.0 Å². The monoisotopic (exact) mass is 192 g/mol. The Bertz CT molecular complexity index is 397. The Morgan fingerprint density at radius 2 is 1.92 bits per heavy atom. The maximum Gasteiger partial charge on any atom is 0.0938 e. The molecule has 0 saturated heterocycles. The molecular formula is C9H14ClNO. The normalized spacial score (nSPS) is 20.4. The Kier molecular flexibility index (Phi) is 2.24. The van der Waals surface area contributed by atoms with Gasteiger partial charge in [0.2, 0.25) is 0 Å². The molecule has 1 aromatic rings. The molecule has 0 saturated carbocycles. The van der Waals surface area contributed by atoms with Gasteiger partial charge in [-0.3, -0.25) is 0 Å². The molecule has 1 unspecified atom stereocenters. The Hall–Kier alpha value is -0.570. The zero-order chi connectivity index (χ0) is 12.6. The maximum atomic E-state index is 9.71. The number of rotatable bonds is 2. The van der Waals surface area contributed by atoms with Crippen LogP contribution >= 0.6 is 12.4 Å². The molecule has 2 atom stereocenters. The van der Waals surface area contributed by atoms with Crippen molar-refractivity contribution in [3.05, 3.63) is 35.8 Å². The minimum absolute atomic E-state index is 0. The molecule has 0 radical (unpaired) electrons. The Morgan fingerprint density at radius 1 is 1.42 bits per heavy atom. The fourth-order valence-corrected chi connectivity index (χ4v) is 0.670. The van der Waals surface area contributed by atoms with Crippen LogP contribution in [0, 0.1) is 0 Å². The van der Waals surface area contributed by atoms with Gasteiger partial charge in [0, 0.05) is 6.04 Å². The quantitative estimate of drug-likeness (QED) is 0.746. The van der Waals surface area contributed by atoms with Gasteiger partial charge in [0.15, 0.2) is 0 Å². The summed E-state index contributed by atoms with van der Waals surface area (Å²) >= 11 is 0. The van der Waals surface area contributed by atoms with E-state index in [1.807, 2.05) is 0 Å². The summed E-state index contributed by atoms with van der Waals surface area (Å²) in [5.41, 5.74) is 5.31. The summed E-state index contributed by atoms with van der Waals surface area (Å²) in [4.78, 5) is 0. The number of aliphatic hydroxyl groups excluding tert-OH is 1. The topological polar surface area (TPSA) is 46.2 Å². The summed E-state index contributed by atoms with van der Waals surface area (Å²) in [6, 6.07) is -2.92. The van der Waals surface area contributed by atoms with E-state index >= 15 is 0 Å². The van der Waals surface area contributed by atoms with E-state index in [2.05, 4.69) is 0 Å². The van der Waals surface area contributed by atoms with Crippen molar-refractivity contribution in [2.24, 2.45) is 5.73 Å². The third-order valence-corrected chi connectivity index (χ3v) is 1.31. The molecule has 68 valence electrons. The summed E-state index contributed by atoms with van der Waals surface area (Å²) in [5, 5.41) is 9.71. The van der Waals surface area contributed by atoms with Crippen molar-refractivity contribution < 1.29 is 12.0 Å². The molecule has 0 amide bonds. The second-order valence-corrected chi connectivity index (χ2v) is 2.34. The van der Waals surface area contributed by atoms with E-state index in [1.54, 1.807) is 0 Å². The number of halogens is 1. The summed E-state index contributed by atoms with van der Waals surface area (Å²) in [7, 11) is 0. The average Bonchev–Trinajstić information content (AvgIpc) is 2.23. The van der Waals surface area contributed by atoms with Crippen LogP contribution < -0.4 is 5.73 Å². The zero-order valence-corrected chi connectivity index (χ0v) is 7.40. The van der Waals surface area contributed by atoms with Gasteiger partial charge in [0.1, 0.15) is 0 Å². The average molecular weight is 193 g/mol. The van der Waals surface area contributed by atoms with Crippen LogP contribution in [0.2, 0.25) is 0 Å². The predicted octanol–water partition coefficient (Wildman–Crippen LogP) is 1.49. The molecule has 3 heteroatoms. The molecule has 0 bridgehead atoms. The molecule has 1 rings (SSSR count). The first kappa shape index (κ1) is 5.22. The van der Waals surface area contributed by atoms with Crippen molar-refractivity contribution in [3.63, 3.8) is 0 Å². The highest BCUT2D eigenvalue weighted by atomic mass is 35.5. The van der Waals surface area contributed by atoms with E-state index in [9.17, 15) is 5.11 Å². The van der Waals surface area contributed by atoms with Gasteiger partial charge in [-0.2, -0.15) is 0 Å². The molecule has 0 aliphatic heterocycles. The molecule has 0 heterocycles. The van der Waals surface area contributed by atoms with Gasteiger partial charge in [-0.15, -0.1) is 12.4 Å². The van der Waals surface area contributed by atoms with Crippen molar-refractivity contribution in [1.29, 1.82) is 0 Å². The van der Waals surface area contributed by atoms with Crippen molar-refractivity contribution in [2.75, 3.05) is 0 Å².